The highest BCUT2D eigenvalue weighted by Gasteiger charge is 2.41. The van der Waals surface area contributed by atoms with E-state index < -0.39 is 6.36 Å². The summed E-state index contributed by atoms with van der Waals surface area (Å²) < 4.78 is 40.5. The van der Waals surface area contributed by atoms with Crippen LogP contribution in [0.3, 0.4) is 0 Å². The molecule has 29 heavy (non-hydrogen) atoms. The largest absolute Gasteiger partial charge is 0.573 e. The Hall–Kier alpha value is -2.74. The smallest absolute Gasteiger partial charge is 0.406 e. The van der Waals surface area contributed by atoms with Gasteiger partial charge in [0.25, 0.3) is 0 Å². The van der Waals surface area contributed by atoms with Gasteiger partial charge in [0.15, 0.2) is 0 Å². The molecule has 0 aliphatic carbocycles. The van der Waals surface area contributed by atoms with Crippen LogP contribution < -0.4 is 10.1 Å². The summed E-state index contributed by atoms with van der Waals surface area (Å²) >= 11 is 0. The molecule has 0 bridgehead atoms. The molecule has 2 heterocycles. The van der Waals surface area contributed by atoms with Crippen LogP contribution in [0, 0.1) is 11.8 Å². The van der Waals surface area contributed by atoms with Crippen molar-refractivity contribution in [3.8, 4) is 5.75 Å². The van der Waals surface area contributed by atoms with E-state index in [4.69, 9.17) is 0 Å². The predicted molar refractivity (Wildman–Crippen MR) is 102 cm³/mol. The lowest BCUT2D eigenvalue weighted by Crippen LogP contribution is -2.36. The van der Waals surface area contributed by atoms with Crippen LogP contribution in [0.1, 0.15) is 5.56 Å². The van der Waals surface area contributed by atoms with Crippen LogP contribution in [0.5, 0.6) is 5.75 Å². The molecular formula is C21H22F3N3O2. The van der Waals surface area contributed by atoms with E-state index in [-0.39, 0.29) is 11.8 Å². The van der Waals surface area contributed by atoms with Gasteiger partial charge in [0, 0.05) is 38.4 Å². The zero-order valence-corrected chi connectivity index (χ0v) is 15.7. The van der Waals surface area contributed by atoms with Gasteiger partial charge in [-0.2, -0.15) is 0 Å². The number of anilines is 1. The van der Waals surface area contributed by atoms with Gasteiger partial charge in [-0.15, -0.1) is 13.2 Å². The number of hydrogen-bond acceptors (Lipinski definition) is 3. The second-order valence-corrected chi connectivity index (χ2v) is 7.61. The highest BCUT2D eigenvalue weighted by Crippen LogP contribution is 2.32. The van der Waals surface area contributed by atoms with Gasteiger partial charge in [-0.1, -0.05) is 30.3 Å². The first-order chi connectivity index (χ1) is 13.9. The van der Waals surface area contributed by atoms with E-state index in [1.165, 1.54) is 29.8 Å². The Morgan fingerprint density at radius 2 is 1.59 bits per heavy atom. The number of nitrogens with zero attached hydrogens (tertiary/aromatic N) is 2. The molecule has 2 aromatic carbocycles. The maximum absolute atomic E-state index is 12.5. The van der Waals surface area contributed by atoms with Gasteiger partial charge in [0.05, 0.1) is 0 Å². The molecule has 2 aromatic rings. The Labute approximate surface area is 167 Å². The zero-order valence-electron chi connectivity index (χ0n) is 15.7. The number of alkyl halides is 3. The summed E-state index contributed by atoms with van der Waals surface area (Å²) in [5.41, 5.74) is 1.73. The SMILES string of the molecule is O=C(Nc1ccc(OC(F)(F)F)cc1)N1C[C@H]2CN(Cc3ccccc3)C[C@H]2C1. The Morgan fingerprint density at radius 1 is 0.966 bits per heavy atom. The van der Waals surface area contributed by atoms with Crippen molar-refractivity contribution >= 4 is 11.7 Å². The van der Waals surface area contributed by atoms with Crippen LogP contribution in [0.25, 0.3) is 0 Å². The van der Waals surface area contributed by atoms with E-state index in [1.807, 2.05) is 18.2 Å². The third-order valence-corrected chi connectivity index (χ3v) is 5.44. The number of halogens is 3. The van der Waals surface area contributed by atoms with Crippen molar-refractivity contribution < 1.29 is 22.7 Å². The van der Waals surface area contributed by atoms with Crippen molar-refractivity contribution in [2.24, 2.45) is 11.8 Å². The number of amides is 2. The molecule has 4 rings (SSSR count). The van der Waals surface area contributed by atoms with Crippen molar-refractivity contribution in [1.29, 1.82) is 0 Å². The van der Waals surface area contributed by atoms with Gasteiger partial charge in [-0.25, -0.2) is 4.79 Å². The first-order valence-corrected chi connectivity index (χ1v) is 9.54. The molecule has 1 N–H and O–H groups in total. The maximum atomic E-state index is 12.5. The number of likely N-dealkylation sites (tertiary alicyclic amines) is 2. The third kappa shape index (κ3) is 5.00. The normalized spacial score (nSPS) is 21.8. The monoisotopic (exact) mass is 405 g/mol. The van der Waals surface area contributed by atoms with E-state index in [0.29, 0.717) is 30.6 Å². The number of hydrogen-bond donors (Lipinski definition) is 1. The topological polar surface area (TPSA) is 44.8 Å². The zero-order chi connectivity index (χ0) is 20.4. The Bertz CT molecular complexity index is 828. The summed E-state index contributed by atoms with van der Waals surface area (Å²) in [6.07, 6.45) is -4.73. The van der Waals surface area contributed by atoms with Crippen molar-refractivity contribution in [3.05, 3.63) is 60.2 Å². The van der Waals surface area contributed by atoms with Crippen LogP contribution in [0.4, 0.5) is 23.7 Å². The van der Waals surface area contributed by atoms with Gasteiger partial charge in [-0.05, 0) is 41.7 Å². The predicted octanol–water partition coefficient (Wildman–Crippen LogP) is 4.18. The fourth-order valence-electron chi connectivity index (χ4n) is 4.17. The van der Waals surface area contributed by atoms with E-state index in [1.54, 1.807) is 4.90 Å². The van der Waals surface area contributed by atoms with Crippen molar-refractivity contribution in [3.63, 3.8) is 0 Å². The van der Waals surface area contributed by atoms with Crippen molar-refractivity contribution in [2.45, 2.75) is 12.9 Å². The molecule has 0 unspecified atom stereocenters. The van der Waals surface area contributed by atoms with Crippen LogP contribution in [0.15, 0.2) is 54.6 Å². The summed E-state index contributed by atoms with van der Waals surface area (Å²) in [4.78, 5) is 16.7. The molecule has 8 heteroatoms. The third-order valence-electron chi connectivity index (χ3n) is 5.44. The molecule has 2 aliphatic heterocycles. The van der Waals surface area contributed by atoms with Crippen LogP contribution >= 0.6 is 0 Å². The van der Waals surface area contributed by atoms with E-state index in [0.717, 1.165) is 19.6 Å². The molecule has 154 valence electrons. The summed E-state index contributed by atoms with van der Waals surface area (Å²) in [5.74, 6) is 0.587. The second-order valence-electron chi connectivity index (χ2n) is 7.61. The number of carbonyl (C=O) groups is 1. The van der Waals surface area contributed by atoms with Crippen LogP contribution in [-0.4, -0.2) is 48.4 Å². The highest BCUT2D eigenvalue weighted by molar-refractivity contribution is 5.89. The van der Waals surface area contributed by atoms with E-state index in [2.05, 4.69) is 27.1 Å². The van der Waals surface area contributed by atoms with Crippen molar-refractivity contribution in [2.75, 3.05) is 31.5 Å². The molecule has 2 saturated heterocycles. The fourth-order valence-corrected chi connectivity index (χ4v) is 4.17. The van der Waals surface area contributed by atoms with E-state index in [9.17, 15) is 18.0 Å². The number of nitrogens with one attached hydrogen (secondary N) is 1. The molecular weight excluding hydrogens is 383 g/mol. The first-order valence-electron chi connectivity index (χ1n) is 9.54. The van der Waals surface area contributed by atoms with Gasteiger partial charge < -0.3 is 15.0 Å². The number of fused-ring (bicyclic) bond motifs is 1. The van der Waals surface area contributed by atoms with E-state index >= 15 is 0 Å². The summed E-state index contributed by atoms with van der Waals surface area (Å²) in [6.45, 7) is 4.24. The average Bonchev–Trinajstić information content (AvgIpc) is 3.21. The molecule has 2 fully saturated rings. The molecule has 0 aromatic heterocycles. The molecule has 2 amide bonds. The molecule has 2 aliphatic rings. The quantitative estimate of drug-likeness (QED) is 0.830. The first kappa shape index (κ1) is 19.6. The molecule has 0 saturated carbocycles. The second kappa shape index (κ2) is 7.94. The van der Waals surface area contributed by atoms with Gasteiger partial charge in [0.1, 0.15) is 5.75 Å². The standard InChI is InChI=1S/C21H22F3N3O2/c22-21(23,24)29-19-8-6-18(7-9-19)25-20(28)27-13-16-11-26(12-17(16)14-27)10-15-4-2-1-3-5-15/h1-9,16-17H,10-14H2,(H,25,28)/t16-,17+. The Morgan fingerprint density at radius 3 is 2.17 bits per heavy atom. The fraction of sp³-hybridized carbons (Fsp3) is 0.381. The summed E-state index contributed by atoms with van der Waals surface area (Å²) in [6, 6.07) is 15.3. The number of carbonyl (C=O) groups excluding carboxylic acids is 1. The Balaban J connectivity index is 1.27. The highest BCUT2D eigenvalue weighted by atomic mass is 19.4. The number of urea groups is 1. The van der Waals surface area contributed by atoms with Crippen molar-refractivity contribution in [1.82, 2.24) is 9.80 Å². The summed E-state index contributed by atoms with van der Waals surface area (Å²) in [7, 11) is 0. The average molecular weight is 405 g/mol. The number of rotatable bonds is 4. The Kier molecular flexibility index (Phi) is 5.36. The van der Waals surface area contributed by atoms with Crippen LogP contribution in [0.2, 0.25) is 0 Å². The lowest BCUT2D eigenvalue weighted by atomic mass is 10.0. The minimum absolute atomic E-state index is 0.224. The summed E-state index contributed by atoms with van der Waals surface area (Å²) in [5, 5.41) is 2.75. The van der Waals surface area contributed by atoms with Gasteiger partial charge in [0.2, 0.25) is 0 Å². The number of benzene rings is 2. The lowest BCUT2D eigenvalue weighted by molar-refractivity contribution is -0.274. The molecule has 0 radical (unpaired) electrons. The molecule has 0 spiro atoms. The van der Waals surface area contributed by atoms with Gasteiger partial charge in [-0.3, -0.25) is 4.90 Å². The van der Waals surface area contributed by atoms with Gasteiger partial charge >= 0.3 is 12.4 Å². The molecule has 2 atom stereocenters. The maximum Gasteiger partial charge on any atom is 0.573 e. The minimum atomic E-state index is -4.73. The number of ether oxygens (including phenoxy) is 1. The van der Waals surface area contributed by atoms with Crippen LogP contribution in [-0.2, 0) is 6.54 Å². The molecule has 5 nitrogen and oxygen atoms in total. The lowest BCUT2D eigenvalue weighted by Gasteiger charge is -2.22. The minimum Gasteiger partial charge on any atom is -0.406 e.